The third-order valence-electron chi connectivity index (χ3n) is 2.25. The lowest BCUT2D eigenvalue weighted by Crippen LogP contribution is -2.38. The molecule has 0 aliphatic carbocycles. The largest absolute Gasteiger partial charge is 0.453 e. The van der Waals surface area contributed by atoms with Gasteiger partial charge in [-0.15, -0.1) is 0 Å². The maximum atomic E-state index is 5.41. The van der Waals surface area contributed by atoms with E-state index >= 15 is 0 Å². The second-order valence-electron chi connectivity index (χ2n) is 4.19. The molecule has 0 aromatic carbocycles. The molecule has 0 spiro atoms. The Labute approximate surface area is 94.2 Å². The van der Waals surface area contributed by atoms with E-state index in [1.807, 2.05) is 12.1 Å². The first-order chi connectivity index (χ1) is 6.53. The van der Waals surface area contributed by atoms with Gasteiger partial charge >= 0.3 is 0 Å². The van der Waals surface area contributed by atoms with Gasteiger partial charge in [-0.1, -0.05) is 13.3 Å². The molecule has 0 amide bonds. The van der Waals surface area contributed by atoms with E-state index in [1.165, 1.54) is 12.8 Å². The van der Waals surface area contributed by atoms with Gasteiger partial charge in [0.05, 0.1) is 6.54 Å². The normalized spacial score (nSPS) is 12.0. The Morgan fingerprint density at radius 3 is 2.64 bits per heavy atom. The van der Waals surface area contributed by atoms with Gasteiger partial charge in [-0.2, -0.15) is 0 Å². The number of halogens is 1. The molecular formula is C11H18BrNO. The zero-order valence-electron chi connectivity index (χ0n) is 9.06. The van der Waals surface area contributed by atoms with Crippen molar-refractivity contribution in [1.82, 2.24) is 5.32 Å². The van der Waals surface area contributed by atoms with Crippen molar-refractivity contribution in [2.24, 2.45) is 0 Å². The van der Waals surface area contributed by atoms with Gasteiger partial charge in [0.15, 0.2) is 4.67 Å². The topological polar surface area (TPSA) is 25.2 Å². The third-order valence-corrected chi connectivity index (χ3v) is 2.67. The van der Waals surface area contributed by atoms with Gasteiger partial charge in [-0.3, -0.25) is 0 Å². The van der Waals surface area contributed by atoms with Gasteiger partial charge < -0.3 is 9.73 Å². The van der Waals surface area contributed by atoms with Crippen LogP contribution in [0.1, 0.15) is 39.4 Å². The van der Waals surface area contributed by atoms with E-state index in [1.54, 1.807) is 0 Å². The summed E-state index contributed by atoms with van der Waals surface area (Å²) in [5.74, 6) is 0.973. The van der Waals surface area contributed by atoms with Crippen LogP contribution in [-0.4, -0.2) is 5.54 Å². The highest BCUT2D eigenvalue weighted by molar-refractivity contribution is 9.10. The van der Waals surface area contributed by atoms with Crippen molar-refractivity contribution in [3.05, 3.63) is 22.6 Å². The van der Waals surface area contributed by atoms with E-state index in [9.17, 15) is 0 Å². The first-order valence-electron chi connectivity index (χ1n) is 5.03. The molecule has 1 aromatic rings. The summed E-state index contributed by atoms with van der Waals surface area (Å²) >= 11 is 3.29. The minimum Gasteiger partial charge on any atom is -0.453 e. The SMILES string of the molecule is CCCC(C)(C)NCc1ccc(Br)o1. The van der Waals surface area contributed by atoms with Crippen LogP contribution in [0.15, 0.2) is 21.2 Å². The summed E-state index contributed by atoms with van der Waals surface area (Å²) in [5.41, 5.74) is 0.189. The summed E-state index contributed by atoms with van der Waals surface area (Å²) < 4.78 is 6.21. The monoisotopic (exact) mass is 259 g/mol. The molecule has 0 aliphatic rings. The zero-order chi connectivity index (χ0) is 10.6. The molecule has 2 nitrogen and oxygen atoms in total. The molecule has 0 saturated heterocycles. The molecule has 0 saturated carbocycles. The number of hydrogen-bond acceptors (Lipinski definition) is 2. The molecule has 80 valence electrons. The number of hydrogen-bond donors (Lipinski definition) is 1. The van der Waals surface area contributed by atoms with Crippen LogP contribution in [0.25, 0.3) is 0 Å². The molecule has 0 aliphatic heterocycles. The first-order valence-corrected chi connectivity index (χ1v) is 5.82. The average molecular weight is 260 g/mol. The van der Waals surface area contributed by atoms with Crippen LogP contribution in [0.2, 0.25) is 0 Å². The molecule has 0 unspecified atom stereocenters. The fourth-order valence-electron chi connectivity index (χ4n) is 1.49. The van der Waals surface area contributed by atoms with Crippen molar-refractivity contribution in [3.63, 3.8) is 0 Å². The smallest absolute Gasteiger partial charge is 0.169 e. The van der Waals surface area contributed by atoms with E-state index in [0.29, 0.717) is 0 Å². The highest BCUT2D eigenvalue weighted by Gasteiger charge is 2.15. The lowest BCUT2D eigenvalue weighted by atomic mass is 9.99. The van der Waals surface area contributed by atoms with E-state index in [-0.39, 0.29) is 5.54 Å². The summed E-state index contributed by atoms with van der Waals surface area (Å²) in [6.07, 6.45) is 2.37. The predicted molar refractivity (Wildman–Crippen MR) is 62.2 cm³/mol. The van der Waals surface area contributed by atoms with Crippen molar-refractivity contribution < 1.29 is 4.42 Å². The first kappa shape index (κ1) is 11.8. The molecule has 0 fully saturated rings. The Morgan fingerprint density at radius 1 is 1.43 bits per heavy atom. The summed E-state index contributed by atoms with van der Waals surface area (Å²) in [5, 5.41) is 3.47. The molecular weight excluding hydrogens is 242 g/mol. The van der Waals surface area contributed by atoms with E-state index in [4.69, 9.17) is 4.42 Å². The van der Waals surface area contributed by atoms with Gasteiger partial charge in [0.1, 0.15) is 5.76 Å². The van der Waals surface area contributed by atoms with Crippen LogP contribution in [0.4, 0.5) is 0 Å². The Hall–Kier alpha value is -0.280. The van der Waals surface area contributed by atoms with E-state index in [0.717, 1.165) is 17.0 Å². The Kier molecular flexibility index (Phi) is 4.20. The second-order valence-corrected chi connectivity index (χ2v) is 4.97. The lowest BCUT2D eigenvalue weighted by Gasteiger charge is -2.25. The van der Waals surface area contributed by atoms with Gasteiger partial charge in [0.2, 0.25) is 0 Å². The Balaban J connectivity index is 2.40. The van der Waals surface area contributed by atoms with Crippen LogP contribution < -0.4 is 5.32 Å². The number of furan rings is 1. The van der Waals surface area contributed by atoms with Crippen molar-refractivity contribution in [2.45, 2.75) is 45.7 Å². The minimum absolute atomic E-state index is 0.189. The van der Waals surface area contributed by atoms with Crippen molar-refractivity contribution in [1.29, 1.82) is 0 Å². The predicted octanol–water partition coefficient (Wildman–Crippen LogP) is 3.71. The van der Waals surface area contributed by atoms with Gasteiger partial charge in [0, 0.05) is 5.54 Å². The van der Waals surface area contributed by atoms with Crippen molar-refractivity contribution in [2.75, 3.05) is 0 Å². The summed E-state index contributed by atoms with van der Waals surface area (Å²) in [4.78, 5) is 0. The number of nitrogens with one attached hydrogen (secondary N) is 1. The fraction of sp³-hybridized carbons (Fsp3) is 0.636. The van der Waals surface area contributed by atoms with Crippen LogP contribution in [0.5, 0.6) is 0 Å². The van der Waals surface area contributed by atoms with Crippen molar-refractivity contribution in [3.8, 4) is 0 Å². The highest BCUT2D eigenvalue weighted by atomic mass is 79.9. The van der Waals surface area contributed by atoms with Gasteiger partial charge in [-0.25, -0.2) is 0 Å². The third kappa shape index (κ3) is 3.84. The second kappa shape index (κ2) is 4.99. The maximum absolute atomic E-state index is 5.41. The summed E-state index contributed by atoms with van der Waals surface area (Å²) in [7, 11) is 0. The summed E-state index contributed by atoms with van der Waals surface area (Å²) in [6, 6.07) is 3.91. The molecule has 0 atom stereocenters. The minimum atomic E-state index is 0.189. The standard InChI is InChI=1S/C11H18BrNO/c1-4-7-11(2,3)13-8-9-5-6-10(12)14-9/h5-6,13H,4,7-8H2,1-3H3. The molecule has 0 bridgehead atoms. The molecule has 3 heteroatoms. The van der Waals surface area contributed by atoms with E-state index in [2.05, 4.69) is 42.0 Å². The average Bonchev–Trinajstić information content (AvgIpc) is 2.48. The van der Waals surface area contributed by atoms with Crippen LogP contribution in [0, 0.1) is 0 Å². The molecule has 14 heavy (non-hydrogen) atoms. The Bertz CT molecular complexity index is 281. The number of rotatable bonds is 5. The van der Waals surface area contributed by atoms with Crippen molar-refractivity contribution >= 4 is 15.9 Å². The molecule has 1 aromatic heterocycles. The van der Waals surface area contributed by atoms with Crippen LogP contribution >= 0.6 is 15.9 Å². The lowest BCUT2D eigenvalue weighted by molar-refractivity contribution is 0.335. The van der Waals surface area contributed by atoms with Gasteiger partial charge in [0.25, 0.3) is 0 Å². The molecule has 1 rings (SSSR count). The van der Waals surface area contributed by atoms with Crippen LogP contribution in [0.3, 0.4) is 0 Å². The fourth-order valence-corrected chi connectivity index (χ4v) is 1.83. The zero-order valence-corrected chi connectivity index (χ0v) is 10.6. The van der Waals surface area contributed by atoms with E-state index < -0.39 is 0 Å². The Morgan fingerprint density at radius 2 is 2.14 bits per heavy atom. The molecule has 0 radical (unpaired) electrons. The van der Waals surface area contributed by atoms with Crippen LogP contribution in [-0.2, 0) is 6.54 Å². The molecule has 1 heterocycles. The highest BCUT2D eigenvalue weighted by Crippen LogP contribution is 2.16. The maximum Gasteiger partial charge on any atom is 0.169 e. The quantitative estimate of drug-likeness (QED) is 0.873. The summed E-state index contributed by atoms with van der Waals surface area (Å²) in [6.45, 7) is 7.43. The van der Waals surface area contributed by atoms with Gasteiger partial charge in [-0.05, 0) is 48.3 Å². The molecule has 1 N–H and O–H groups in total.